The summed E-state index contributed by atoms with van der Waals surface area (Å²) in [6.07, 6.45) is 0.832. The second-order valence-electron chi connectivity index (χ2n) is 4.75. The second-order valence-corrected chi connectivity index (χ2v) is 4.75. The van der Waals surface area contributed by atoms with Crippen molar-refractivity contribution >= 4 is 17.5 Å². The van der Waals surface area contributed by atoms with Crippen LogP contribution in [0.5, 0.6) is 5.75 Å². The zero-order valence-corrected chi connectivity index (χ0v) is 12.3. The van der Waals surface area contributed by atoms with Crippen molar-refractivity contribution in [3.05, 3.63) is 59.7 Å². The third-order valence-electron chi connectivity index (χ3n) is 3.12. The topological polar surface area (TPSA) is 81.4 Å². The highest BCUT2D eigenvalue weighted by Crippen LogP contribution is 2.18. The van der Waals surface area contributed by atoms with E-state index >= 15 is 0 Å². The fourth-order valence-electron chi connectivity index (χ4n) is 2.03. The van der Waals surface area contributed by atoms with Crippen LogP contribution in [0.25, 0.3) is 0 Å². The van der Waals surface area contributed by atoms with Crippen molar-refractivity contribution in [2.75, 3.05) is 11.9 Å². The van der Waals surface area contributed by atoms with Crippen LogP contribution in [0.1, 0.15) is 22.8 Å². The van der Waals surface area contributed by atoms with Crippen molar-refractivity contribution in [1.82, 2.24) is 0 Å². The van der Waals surface area contributed by atoms with Crippen LogP contribution >= 0.6 is 0 Å². The number of anilines is 1. The average Bonchev–Trinajstić information content (AvgIpc) is 2.53. The molecule has 0 radical (unpaired) electrons. The van der Waals surface area contributed by atoms with E-state index in [0.717, 1.165) is 17.7 Å². The molecule has 0 aromatic heterocycles. The van der Waals surface area contributed by atoms with Gasteiger partial charge >= 0.3 is 0 Å². The Kier molecular flexibility index (Phi) is 5.14. The van der Waals surface area contributed by atoms with Crippen LogP contribution in [0.15, 0.2) is 48.5 Å². The van der Waals surface area contributed by atoms with Crippen LogP contribution in [0.4, 0.5) is 5.69 Å². The van der Waals surface area contributed by atoms with Crippen LogP contribution in [-0.2, 0) is 11.2 Å². The van der Waals surface area contributed by atoms with Gasteiger partial charge in [-0.3, -0.25) is 9.59 Å². The second kappa shape index (κ2) is 7.26. The van der Waals surface area contributed by atoms with Gasteiger partial charge in [-0.2, -0.15) is 0 Å². The largest absolute Gasteiger partial charge is 0.484 e. The van der Waals surface area contributed by atoms with Gasteiger partial charge in [0.1, 0.15) is 5.75 Å². The van der Waals surface area contributed by atoms with E-state index in [9.17, 15) is 9.59 Å². The Hall–Kier alpha value is -2.82. The zero-order chi connectivity index (χ0) is 15.9. The summed E-state index contributed by atoms with van der Waals surface area (Å²) in [4.78, 5) is 23.0. The molecule has 0 saturated carbocycles. The van der Waals surface area contributed by atoms with Gasteiger partial charge in [-0.25, -0.2) is 0 Å². The standard InChI is InChI=1S/C17H18N2O3/c1-2-12-6-3-4-9-15(12)19-17(21)13-7-5-8-14(10-13)22-11-16(18)20/h3-10H,2,11H2,1H3,(H2,18,20)(H,19,21). The molecule has 5 heteroatoms. The minimum atomic E-state index is -0.563. The van der Waals surface area contributed by atoms with Crippen LogP contribution < -0.4 is 15.8 Å². The number of carbonyl (C=O) groups is 2. The molecule has 0 saturated heterocycles. The lowest BCUT2D eigenvalue weighted by molar-refractivity contribution is -0.119. The van der Waals surface area contributed by atoms with Gasteiger partial charge in [0.15, 0.2) is 6.61 Å². The van der Waals surface area contributed by atoms with Crippen molar-refractivity contribution in [3.63, 3.8) is 0 Å². The number of primary amides is 1. The number of para-hydroxylation sites is 1. The van der Waals surface area contributed by atoms with Gasteiger partial charge in [-0.05, 0) is 36.2 Å². The molecule has 3 N–H and O–H groups in total. The van der Waals surface area contributed by atoms with E-state index in [1.54, 1.807) is 24.3 Å². The molecular formula is C17H18N2O3. The Morgan fingerprint density at radius 1 is 1.14 bits per heavy atom. The number of carbonyl (C=O) groups excluding carboxylic acids is 2. The number of amides is 2. The first kappa shape index (κ1) is 15.6. The predicted octanol–water partition coefficient (Wildman–Crippen LogP) is 2.37. The molecule has 114 valence electrons. The molecular weight excluding hydrogens is 280 g/mol. The number of benzene rings is 2. The SMILES string of the molecule is CCc1ccccc1NC(=O)c1cccc(OCC(N)=O)c1. The van der Waals surface area contributed by atoms with Gasteiger partial charge < -0.3 is 15.8 Å². The number of hydrogen-bond donors (Lipinski definition) is 2. The number of aryl methyl sites for hydroxylation is 1. The van der Waals surface area contributed by atoms with E-state index < -0.39 is 5.91 Å². The molecule has 0 spiro atoms. The first-order valence-corrected chi connectivity index (χ1v) is 7.00. The van der Waals surface area contributed by atoms with Crippen molar-refractivity contribution in [2.45, 2.75) is 13.3 Å². The van der Waals surface area contributed by atoms with Gasteiger partial charge in [0.2, 0.25) is 0 Å². The molecule has 5 nitrogen and oxygen atoms in total. The Bertz CT molecular complexity index is 683. The molecule has 0 unspecified atom stereocenters. The highest BCUT2D eigenvalue weighted by Gasteiger charge is 2.09. The smallest absolute Gasteiger partial charge is 0.255 e. The monoisotopic (exact) mass is 298 g/mol. The van der Waals surface area contributed by atoms with Gasteiger partial charge in [0.05, 0.1) is 0 Å². The summed E-state index contributed by atoms with van der Waals surface area (Å²) in [6, 6.07) is 14.3. The summed E-state index contributed by atoms with van der Waals surface area (Å²) in [5.74, 6) is -0.368. The number of nitrogens with two attached hydrogens (primary N) is 1. The van der Waals surface area contributed by atoms with Crippen molar-refractivity contribution in [1.29, 1.82) is 0 Å². The Labute approximate surface area is 129 Å². The Morgan fingerprint density at radius 3 is 2.64 bits per heavy atom. The molecule has 2 aromatic rings. The van der Waals surface area contributed by atoms with Crippen LogP contribution in [0.2, 0.25) is 0 Å². The summed E-state index contributed by atoms with van der Waals surface area (Å²) in [5, 5.41) is 2.88. The molecule has 0 aliphatic carbocycles. The van der Waals surface area contributed by atoms with Gasteiger partial charge in [0, 0.05) is 11.3 Å². The van der Waals surface area contributed by atoms with Crippen molar-refractivity contribution in [3.8, 4) is 5.75 Å². The lowest BCUT2D eigenvalue weighted by Crippen LogP contribution is -2.20. The molecule has 2 aromatic carbocycles. The number of ether oxygens (including phenoxy) is 1. The van der Waals surface area contributed by atoms with Gasteiger partial charge in [-0.1, -0.05) is 31.2 Å². The fourth-order valence-corrected chi connectivity index (χ4v) is 2.03. The normalized spacial score (nSPS) is 10.0. The van der Waals surface area contributed by atoms with E-state index in [-0.39, 0.29) is 12.5 Å². The Morgan fingerprint density at radius 2 is 1.91 bits per heavy atom. The summed E-state index contributed by atoms with van der Waals surface area (Å²) >= 11 is 0. The molecule has 22 heavy (non-hydrogen) atoms. The van der Waals surface area contributed by atoms with Crippen LogP contribution in [-0.4, -0.2) is 18.4 Å². The molecule has 0 aliphatic heterocycles. The molecule has 0 aliphatic rings. The average molecular weight is 298 g/mol. The number of hydrogen-bond acceptors (Lipinski definition) is 3. The maximum absolute atomic E-state index is 12.3. The molecule has 0 bridgehead atoms. The number of rotatable bonds is 6. The highest BCUT2D eigenvalue weighted by atomic mass is 16.5. The van der Waals surface area contributed by atoms with E-state index in [0.29, 0.717) is 11.3 Å². The minimum Gasteiger partial charge on any atom is -0.484 e. The maximum atomic E-state index is 12.3. The van der Waals surface area contributed by atoms with E-state index in [4.69, 9.17) is 10.5 Å². The molecule has 2 amide bonds. The summed E-state index contributed by atoms with van der Waals surface area (Å²) in [6.45, 7) is 1.81. The molecule has 0 atom stereocenters. The van der Waals surface area contributed by atoms with E-state index in [2.05, 4.69) is 5.32 Å². The van der Waals surface area contributed by atoms with Crippen LogP contribution in [0, 0.1) is 0 Å². The third kappa shape index (κ3) is 4.09. The molecule has 0 heterocycles. The van der Waals surface area contributed by atoms with Gasteiger partial charge in [0.25, 0.3) is 11.8 Å². The predicted molar refractivity (Wildman–Crippen MR) is 84.9 cm³/mol. The maximum Gasteiger partial charge on any atom is 0.255 e. The van der Waals surface area contributed by atoms with E-state index in [1.807, 2.05) is 31.2 Å². The summed E-state index contributed by atoms with van der Waals surface area (Å²) in [7, 11) is 0. The van der Waals surface area contributed by atoms with Crippen molar-refractivity contribution < 1.29 is 14.3 Å². The number of nitrogens with one attached hydrogen (secondary N) is 1. The van der Waals surface area contributed by atoms with Gasteiger partial charge in [-0.15, -0.1) is 0 Å². The zero-order valence-electron chi connectivity index (χ0n) is 12.3. The van der Waals surface area contributed by atoms with E-state index in [1.165, 1.54) is 0 Å². The molecule has 0 fully saturated rings. The summed E-state index contributed by atoms with van der Waals surface area (Å²) < 4.78 is 5.20. The fraction of sp³-hybridized carbons (Fsp3) is 0.176. The minimum absolute atomic E-state index is 0.219. The lowest BCUT2D eigenvalue weighted by Gasteiger charge is -2.10. The third-order valence-corrected chi connectivity index (χ3v) is 3.12. The first-order valence-electron chi connectivity index (χ1n) is 7.00. The van der Waals surface area contributed by atoms with Crippen LogP contribution in [0.3, 0.4) is 0 Å². The van der Waals surface area contributed by atoms with Crippen molar-refractivity contribution in [2.24, 2.45) is 5.73 Å². The summed E-state index contributed by atoms with van der Waals surface area (Å²) in [5.41, 5.74) is 7.34. The molecule has 2 rings (SSSR count). The highest BCUT2D eigenvalue weighted by molar-refractivity contribution is 6.04. The Balaban J connectivity index is 2.12. The lowest BCUT2D eigenvalue weighted by atomic mass is 10.1. The quantitative estimate of drug-likeness (QED) is 0.859. The first-order chi connectivity index (χ1) is 10.6.